The van der Waals surface area contributed by atoms with E-state index in [0.717, 1.165) is 0 Å². The van der Waals surface area contributed by atoms with Crippen LogP contribution in [-0.4, -0.2) is 13.0 Å². The minimum absolute atomic E-state index is 0.127. The summed E-state index contributed by atoms with van der Waals surface area (Å²) in [5.74, 6) is -0.467. The molecule has 0 fully saturated rings. The van der Waals surface area contributed by atoms with E-state index in [9.17, 15) is 9.18 Å². The van der Waals surface area contributed by atoms with E-state index >= 15 is 0 Å². The van der Waals surface area contributed by atoms with E-state index in [1.54, 1.807) is 13.1 Å². The fourth-order valence-corrected chi connectivity index (χ4v) is 1.50. The predicted octanol–water partition coefficient (Wildman–Crippen LogP) is 1.88. The number of halogens is 2. The van der Waals surface area contributed by atoms with Crippen LogP contribution in [0.4, 0.5) is 4.39 Å². The van der Waals surface area contributed by atoms with Gasteiger partial charge in [0.2, 0.25) is 5.91 Å². The van der Waals surface area contributed by atoms with Crippen molar-refractivity contribution in [1.82, 2.24) is 5.32 Å². The highest BCUT2D eigenvalue weighted by molar-refractivity contribution is 9.10. The quantitative estimate of drug-likeness (QED) is 0.848. The summed E-state index contributed by atoms with van der Waals surface area (Å²) in [6, 6.07) is 4.42. The van der Waals surface area contributed by atoms with Gasteiger partial charge in [-0.05, 0) is 23.8 Å². The van der Waals surface area contributed by atoms with Crippen LogP contribution < -0.4 is 5.32 Å². The van der Waals surface area contributed by atoms with Gasteiger partial charge in [0, 0.05) is 11.5 Å². The predicted molar refractivity (Wildman–Crippen MR) is 51.9 cm³/mol. The molecule has 0 saturated carbocycles. The second-order valence-electron chi connectivity index (χ2n) is 2.63. The minimum Gasteiger partial charge on any atom is -0.359 e. The first kappa shape index (κ1) is 10.2. The lowest BCUT2D eigenvalue weighted by molar-refractivity contribution is -0.119. The largest absolute Gasteiger partial charge is 0.359 e. The van der Waals surface area contributed by atoms with E-state index in [4.69, 9.17) is 0 Å². The third kappa shape index (κ3) is 3.14. The van der Waals surface area contributed by atoms with Crippen molar-refractivity contribution < 1.29 is 9.18 Å². The van der Waals surface area contributed by atoms with Crippen molar-refractivity contribution in [2.45, 2.75) is 6.42 Å². The average Bonchev–Trinajstić information content (AvgIpc) is 2.02. The van der Waals surface area contributed by atoms with Gasteiger partial charge < -0.3 is 5.32 Å². The summed E-state index contributed by atoms with van der Waals surface area (Å²) in [6.07, 6.45) is 0.201. The SMILES string of the molecule is CNC(=O)Cc1cc(F)cc(Br)c1. The van der Waals surface area contributed by atoms with Crippen molar-refractivity contribution in [2.24, 2.45) is 0 Å². The minimum atomic E-state index is -0.340. The smallest absolute Gasteiger partial charge is 0.224 e. The van der Waals surface area contributed by atoms with E-state index < -0.39 is 0 Å². The van der Waals surface area contributed by atoms with E-state index in [-0.39, 0.29) is 18.1 Å². The number of hydrogen-bond donors (Lipinski definition) is 1. The molecule has 0 unspecified atom stereocenters. The van der Waals surface area contributed by atoms with Crippen LogP contribution in [-0.2, 0) is 11.2 Å². The number of carbonyl (C=O) groups is 1. The molecule has 4 heteroatoms. The molecule has 0 spiro atoms. The molecule has 1 rings (SSSR count). The normalized spacial score (nSPS) is 9.77. The standard InChI is InChI=1S/C9H9BrFNO/c1-12-9(13)4-6-2-7(10)5-8(11)3-6/h2-3,5H,4H2,1H3,(H,12,13). The molecule has 0 bridgehead atoms. The molecule has 0 aromatic heterocycles. The second kappa shape index (κ2) is 4.37. The van der Waals surface area contributed by atoms with Gasteiger partial charge in [0.05, 0.1) is 6.42 Å². The topological polar surface area (TPSA) is 29.1 Å². The van der Waals surface area contributed by atoms with Gasteiger partial charge in [-0.25, -0.2) is 4.39 Å². The molecule has 13 heavy (non-hydrogen) atoms. The zero-order valence-electron chi connectivity index (χ0n) is 7.10. The molecular weight excluding hydrogens is 237 g/mol. The maximum atomic E-state index is 12.8. The highest BCUT2D eigenvalue weighted by atomic mass is 79.9. The highest BCUT2D eigenvalue weighted by Gasteiger charge is 2.03. The van der Waals surface area contributed by atoms with E-state index in [0.29, 0.717) is 10.0 Å². The molecule has 0 aliphatic rings. The molecule has 1 aromatic carbocycles. The monoisotopic (exact) mass is 245 g/mol. The second-order valence-corrected chi connectivity index (χ2v) is 3.54. The van der Waals surface area contributed by atoms with Crippen LogP contribution in [0, 0.1) is 5.82 Å². The number of nitrogens with one attached hydrogen (secondary N) is 1. The fraction of sp³-hybridized carbons (Fsp3) is 0.222. The lowest BCUT2D eigenvalue weighted by Gasteiger charge is -2.01. The molecule has 0 atom stereocenters. The van der Waals surface area contributed by atoms with Crippen LogP contribution in [0.5, 0.6) is 0 Å². The van der Waals surface area contributed by atoms with Crippen molar-refractivity contribution in [1.29, 1.82) is 0 Å². The van der Waals surface area contributed by atoms with Crippen LogP contribution in [0.25, 0.3) is 0 Å². The lowest BCUT2D eigenvalue weighted by Crippen LogP contribution is -2.19. The Kier molecular flexibility index (Phi) is 3.42. The molecule has 0 radical (unpaired) electrons. The number of benzene rings is 1. The number of rotatable bonds is 2. The summed E-state index contributed by atoms with van der Waals surface area (Å²) in [5.41, 5.74) is 0.659. The summed E-state index contributed by atoms with van der Waals surface area (Å²) < 4.78 is 13.5. The molecule has 0 heterocycles. The molecule has 2 nitrogen and oxygen atoms in total. The zero-order valence-corrected chi connectivity index (χ0v) is 8.69. The van der Waals surface area contributed by atoms with Crippen LogP contribution in [0.2, 0.25) is 0 Å². The van der Waals surface area contributed by atoms with Crippen molar-refractivity contribution in [3.8, 4) is 0 Å². The highest BCUT2D eigenvalue weighted by Crippen LogP contribution is 2.15. The molecule has 1 aromatic rings. The molecule has 0 aliphatic carbocycles. The number of amides is 1. The molecular formula is C9H9BrFNO. The Morgan fingerprint density at radius 2 is 2.23 bits per heavy atom. The summed E-state index contributed by atoms with van der Waals surface area (Å²) >= 11 is 3.15. The molecule has 70 valence electrons. The Labute approximate surface area is 84.3 Å². The van der Waals surface area contributed by atoms with Gasteiger partial charge in [-0.15, -0.1) is 0 Å². The Balaban J connectivity index is 2.83. The Morgan fingerprint density at radius 1 is 1.54 bits per heavy atom. The molecule has 0 saturated heterocycles. The lowest BCUT2D eigenvalue weighted by atomic mass is 10.1. The first-order chi connectivity index (χ1) is 6.11. The van der Waals surface area contributed by atoms with Gasteiger partial charge in [0.25, 0.3) is 0 Å². The Hall–Kier alpha value is -0.900. The number of carbonyl (C=O) groups excluding carboxylic acids is 1. The Morgan fingerprint density at radius 3 is 2.77 bits per heavy atom. The van der Waals surface area contributed by atoms with Crippen LogP contribution in [0.3, 0.4) is 0 Å². The third-order valence-corrected chi connectivity index (χ3v) is 2.02. The van der Waals surface area contributed by atoms with Gasteiger partial charge in [-0.1, -0.05) is 15.9 Å². The number of likely N-dealkylation sites (N-methyl/N-ethyl adjacent to an activating group) is 1. The first-order valence-corrected chi connectivity index (χ1v) is 4.56. The van der Waals surface area contributed by atoms with Crippen LogP contribution in [0.1, 0.15) is 5.56 Å². The summed E-state index contributed by atoms with van der Waals surface area (Å²) in [5, 5.41) is 2.48. The number of hydrogen-bond acceptors (Lipinski definition) is 1. The van der Waals surface area contributed by atoms with E-state index in [1.807, 2.05) is 0 Å². The van der Waals surface area contributed by atoms with Gasteiger partial charge in [0.15, 0.2) is 0 Å². The van der Waals surface area contributed by atoms with Gasteiger partial charge in [0.1, 0.15) is 5.82 Å². The van der Waals surface area contributed by atoms with Crippen LogP contribution >= 0.6 is 15.9 Å². The zero-order chi connectivity index (χ0) is 9.84. The van der Waals surface area contributed by atoms with Crippen molar-refractivity contribution >= 4 is 21.8 Å². The molecule has 1 N–H and O–H groups in total. The summed E-state index contributed by atoms with van der Waals surface area (Å²) in [6.45, 7) is 0. The van der Waals surface area contributed by atoms with Crippen LogP contribution in [0.15, 0.2) is 22.7 Å². The van der Waals surface area contributed by atoms with Gasteiger partial charge in [-0.3, -0.25) is 4.79 Å². The fourth-order valence-electron chi connectivity index (χ4n) is 0.987. The van der Waals surface area contributed by atoms with Crippen molar-refractivity contribution in [2.75, 3.05) is 7.05 Å². The van der Waals surface area contributed by atoms with E-state index in [2.05, 4.69) is 21.2 Å². The van der Waals surface area contributed by atoms with Gasteiger partial charge >= 0.3 is 0 Å². The maximum Gasteiger partial charge on any atom is 0.224 e. The van der Waals surface area contributed by atoms with Crippen molar-refractivity contribution in [3.05, 3.63) is 34.1 Å². The summed E-state index contributed by atoms with van der Waals surface area (Å²) in [4.78, 5) is 11.0. The first-order valence-electron chi connectivity index (χ1n) is 3.77. The Bertz CT molecular complexity index is 307. The van der Waals surface area contributed by atoms with E-state index in [1.165, 1.54) is 12.1 Å². The van der Waals surface area contributed by atoms with Crippen molar-refractivity contribution in [3.63, 3.8) is 0 Å². The summed E-state index contributed by atoms with van der Waals surface area (Å²) in [7, 11) is 1.55. The molecule has 1 amide bonds. The van der Waals surface area contributed by atoms with Gasteiger partial charge in [-0.2, -0.15) is 0 Å². The maximum absolute atomic E-state index is 12.8. The average molecular weight is 246 g/mol. The third-order valence-electron chi connectivity index (χ3n) is 1.57. The molecule has 0 aliphatic heterocycles.